The lowest BCUT2D eigenvalue weighted by Gasteiger charge is -2.37. The lowest BCUT2D eigenvalue weighted by molar-refractivity contribution is 0.122. The van der Waals surface area contributed by atoms with Gasteiger partial charge in [0.1, 0.15) is 0 Å². The van der Waals surface area contributed by atoms with Crippen molar-refractivity contribution in [2.45, 2.75) is 53.0 Å². The average molecular weight is 227 g/mol. The van der Waals surface area contributed by atoms with Gasteiger partial charge in [0.25, 0.3) is 0 Å². The van der Waals surface area contributed by atoms with Gasteiger partial charge in [0.15, 0.2) is 0 Å². The van der Waals surface area contributed by atoms with E-state index in [0.717, 1.165) is 6.42 Å². The van der Waals surface area contributed by atoms with Gasteiger partial charge in [0, 0.05) is 6.04 Å². The highest BCUT2D eigenvalue weighted by molar-refractivity contribution is 5.67. The Kier molecular flexibility index (Phi) is 5.10. The molecule has 0 aromatic carbocycles. The first kappa shape index (κ1) is 13.3. The second-order valence-corrected chi connectivity index (χ2v) is 5.30. The molecule has 3 nitrogen and oxygen atoms in total. The van der Waals surface area contributed by atoms with Crippen LogP contribution in [0.25, 0.3) is 0 Å². The summed E-state index contributed by atoms with van der Waals surface area (Å²) in [7, 11) is 0. The summed E-state index contributed by atoms with van der Waals surface area (Å²) in [5.41, 5.74) is 0. The monoisotopic (exact) mass is 227 g/mol. The van der Waals surface area contributed by atoms with E-state index in [9.17, 15) is 4.79 Å². The zero-order chi connectivity index (χ0) is 12.1. The van der Waals surface area contributed by atoms with Gasteiger partial charge in [0.2, 0.25) is 0 Å². The summed E-state index contributed by atoms with van der Waals surface area (Å²) in [5.74, 6) is 1.93. The predicted octanol–water partition coefficient (Wildman–Crippen LogP) is 3.19. The summed E-state index contributed by atoms with van der Waals surface area (Å²) < 4.78 is 4.96. The molecule has 3 atom stereocenters. The van der Waals surface area contributed by atoms with Gasteiger partial charge in [-0.2, -0.15) is 0 Å². The van der Waals surface area contributed by atoms with E-state index in [-0.39, 0.29) is 6.09 Å². The van der Waals surface area contributed by atoms with Crippen LogP contribution in [0.4, 0.5) is 4.79 Å². The van der Waals surface area contributed by atoms with Crippen molar-refractivity contribution in [3.63, 3.8) is 0 Å². The Bertz CT molecular complexity index is 228. The van der Waals surface area contributed by atoms with Gasteiger partial charge in [-0.3, -0.25) is 0 Å². The maximum absolute atomic E-state index is 11.5. The predicted molar refractivity (Wildman–Crippen MR) is 65.3 cm³/mol. The lowest BCUT2D eigenvalue weighted by atomic mass is 9.74. The Balaban J connectivity index is 2.54. The van der Waals surface area contributed by atoms with Crippen LogP contribution < -0.4 is 5.32 Å². The number of carbonyl (C=O) groups is 1. The third-order valence-corrected chi connectivity index (χ3v) is 3.60. The van der Waals surface area contributed by atoms with Crippen molar-refractivity contribution in [2.75, 3.05) is 6.61 Å². The van der Waals surface area contributed by atoms with E-state index in [4.69, 9.17) is 4.74 Å². The highest BCUT2D eigenvalue weighted by atomic mass is 16.5. The minimum atomic E-state index is -0.257. The molecular weight excluding hydrogens is 202 g/mol. The van der Waals surface area contributed by atoms with E-state index < -0.39 is 0 Å². The van der Waals surface area contributed by atoms with Crippen LogP contribution in [-0.4, -0.2) is 18.7 Å². The fourth-order valence-corrected chi connectivity index (χ4v) is 2.69. The van der Waals surface area contributed by atoms with Crippen molar-refractivity contribution >= 4 is 6.09 Å². The third kappa shape index (κ3) is 3.69. The minimum Gasteiger partial charge on any atom is -0.450 e. The number of hydrogen-bond donors (Lipinski definition) is 1. The van der Waals surface area contributed by atoms with E-state index in [1.165, 1.54) is 12.8 Å². The zero-order valence-corrected chi connectivity index (χ0v) is 11.0. The fourth-order valence-electron chi connectivity index (χ4n) is 2.69. The molecule has 1 fully saturated rings. The van der Waals surface area contributed by atoms with Crippen LogP contribution in [0.5, 0.6) is 0 Å². The molecule has 1 rings (SSSR count). The summed E-state index contributed by atoms with van der Waals surface area (Å²) in [6.07, 6.45) is 3.33. The summed E-state index contributed by atoms with van der Waals surface area (Å²) in [6, 6.07) is 0.294. The molecule has 0 aromatic rings. The van der Waals surface area contributed by atoms with Crippen LogP contribution in [0.15, 0.2) is 0 Å². The largest absolute Gasteiger partial charge is 0.450 e. The first-order valence-corrected chi connectivity index (χ1v) is 6.47. The van der Waals surface area contributed by atoms with Crippen molar-refractivity contribution in [2.24, 2.45) is 17.8 Å². The molecule has 1 aliphatic carbocycles. The maximum Gasteiger partial charge on any atom is 0.407 e. The Morgan fingerprint density at radius 2 is 2.12 bits per heavy atom. The van der Waals surface area contributed by atoms with Crippen molar-refractivity contribution in [1.82, 2.24) is 5.32 Å². The van der Waals surface area contributed by atoms with E-state index in [0.29, 0.717) is 30.4 Å². The van der Waals surface area contributed by atoms with Crippen LogP contribution in [-0.2, 0) is 4.74 Å². The first-order valence-electron chi connectivity index (χ1n) is 6.47. The summed E-state index contributed by atoms with van der Waals surface area (Å²) in [4.78, 5) is 11.5. The number of rotatable bonds is 3. The molecule has 0 radical (unpaired) electrons. The molecule has 1 N–H and O–H groups in total. The molecule has 0 spiro atoms. The van der Waals surface area contributed by atoms with E-state index in [2.05, 4.69) is 26.1 Å². The van der Waals surface area contributed by atoms with Gasteiger partial charge in [0.05, 0.1) is 6.61 Å². The molecule has 0 saturated heterocycles. The first-order chi connectivity index (χ1) is 7.54. The van der Waals surface area contributed by atoms with Gasteiger partial charge >= 0.3 is 6.09 Å². The third-order valence-electron chi connectivity index (χ3n) is 3.60. The summed E-state index contributed by atoms with van der Waals surface area (Å²) in [6.45, 7) is 9.01. The second kappa shape index (κ2) is 6.12. The fraction of sp³-hybridized carbons (Fsp3) is 0.923. The Morgan fingerprint density at radius 1 is 1.44 bits per heavy atom. The molecule has 1 saturated carbocycles. The topological polar surface area (TPSA) is 38.3 Å². The van der Waals surface area contributed by atoms with Crippen molar-refractivity contribution in [3.05, 3.63) is 0 Å². The van der Waals surface area contributed by atoms with Gasteiger partial charge in [-0.15, -0.1) is 0 Å². The van der Waals surface area contributed by atoms with Crippen LogP contribution >= 0.6 is 0 Å². The van der Waals surface area contributed by atoms with Crippen LogP contribution in [0.3, 0.4) is 0 Å². The molecule has 1 amide bonds. The van der Waals surface area contributed by atoms with E-state index in [1.54, 1.807) is 0 Å². The van der Waals surface area contributed by atoms with Crippen LogP contribution in [0.1, 0.15) is 47.0 Å². The van der Waals surface area contributed by atoms with Crippen molar-refractivity contribution < 1.29 is 9.53 Å². The SMILES string of the molecule is CCOC(=O)N[C@H]1C[C@H](C)CC[C@H]1C(C)C. The molecule has 0 aromatic heterocycles. The summed E-state index contributed by atoms with van der Waals surface area (Å²) >= 11 is 0. The lowest BCUT2D eigenvalue weighted by Crippen LogP contribution is -2.45. The molecule has 0 heterocycles. The van der Waals surface area contributed by atoms with E-state index >= 15 is 0 Å². The molecule has 1 aliphatic rings. The highest BCUT2D eigenvalue weighted by Crippen LogP contribution is 2.33. The normalized spacial score (nSPS) is 30.2. The number of nitrogens with one attached hydrogen (secondary N) is 1. The number of carbonyl (C=O) groups excluding carboxylic acids is 1. The average Bonchev–Trinajstić information content (AvgIpc) is 2.17. The maximum atomic E-state index is 11.5. The van der Waals surface area contributed by atoms with E-state index in [1.807, 2.05) is 6.92 Å². The summed E-state index contributed by atoms with van der Waals surface area (Å²) in [5, 5.41) is 3.02. The van der Waals surface area contributed by atoms with Gasteiger partial charge in [-0.25, -0.2) is 4.79 Å². The molecule has 0 aliphatic heterocycles. The molecule has 16 heavy (non-hydrogen) atoms. The number of ether oxygens (including phenoxy) is 1. The molecule has 3 heteroatoms. The van der Waals surface area contributed by atoms with Gasteiger partial charge in [-0.05, 0) is 37.5 Å². The Labute approximate surface area is 98.9 Å². The minimum absolute atomic E-state index is 0.257. The molecule has 0 bridgehead atoms. The Hall–Kier alpha value is -0.730. The quantitative estimate of drug-likeness (QED) is 0.804. The number of hydrogen-bond acceptors (Lipinski definition) is 2. The van der Waals surface area contributed by atoms with Crippen LogP contribution in [0.2, 0.25) is 0 Å². The van der Waals surface area contributed by atoms with Gasteiger partial charge in [-0.1, -0.05) is 27.2 Å². The van der Waals surface area contributed by atoms with Crippen molar-refractivity contribution in [3.8, 4) is 0 Å². The highest BCUT2D eigenvalue weighted by Gasteiger charge is 2.31. The smallest absolute Gasteiger partial charge is 0.407 e. The molecule has 94 valence electrons. The standard InChI is InChI=1S/C13H25NO2/c1-5-16-13(15)14-12-8-10(4)6-7-11(12)9(2)3/h9-12H,5-8H2,1-4H3,(H,14,15)/t10-,11+,12+/m1/s1. The van der Waals surface area contributed by atoms with Crippen molar-refractivity contribution in [1.29, 1.82) is 0 Å². The second-order valence-electron chi connectivity index (χ2n) is 5.30. The number of amides is 1. The molecular formula is C13H25NO2. The molecule has 0 unspecified atom stereocenters. The van der Waals surface area contributed by atoms with Crippen LogP contribution in [0, 0.1) is 17.8 Å². The van der Waals surface area contributed by atoms with Gasteiger partial charge < -0.3 is 10.1 Å². The zero-order valence-electron chi connectivity index (χ0n) is 11.0. The Morgan fingerprint density at radius 3 is 2.69 bits per heavy atom. The number of alkyl carbamates (subject to hydrolysis) is 1.